The van der Waals surface area contributed by atoms with Crippen molar-refractivity contribution in [1.29, 1.82) is 0 Å². The van der Waals surface area contributed by atoms with Crippen LogP contribution < -0.4 is 15.8 Å². The van der Waals surface area contributed by atoms with Crippen LogP contribution in [0.25, 0.3) is 0 Å². The Morgan fingerprint density at radius 1 is 1.47 bits per heavy atom. The number of hydrogen-bond acceptors (Lipinski definition) is 4. The summed E-state index contributed by atoms with van der Waals surface area (Å²) in [6, 6.07) is 0.113. The van der Waals surface area contributed by atoms with E-state index in [0.29, 0.717) is 12.5 Å². The van der Waals surface area contributed by atoms with Crippen LogP contribution in [0.5, 0.6) is 5.75 Å². The second-order valence-electron chi connectivity index (χ2n) is 4.24. The van der Waals surface area contributed by atoms with E-state index < -0.39 is 0 Å². The van der Waals surface area contributed by atoms with Gasteiger partial charge < -0.3 is 15.8 Å². The van der Waals surface area contributed by atoms with Gasteiger partial charge in [0.1, 0.15) is 6.61 Å². The van der Waals surface area contributed by atoms with Crippen molar-refractivity contribution in [2.75, 3.05) is 18.5 Å². The average molecular weight is 205 g/mol. The summed E-state index contributed by atoms with van der Waals surface area (Å²) in [6.45, 7) is 1.55. The van der Waals surface area contributed by atoms with Gasteiger partial charge in [0.05, 0.1) is 11.9 Å². The first-order valence-electron chi connectivity index (χ1n) is 5.46. The van der Waals surface area contributed by atoms with Gasteiger partial charge in [-0.1, -0.05) is 0 Å². The van der Waals surface area contributed by atoms with E-state index in [-0.39, 0.29) is 6.04 Å². The third-order valence-corrected chi connectivity index (χ3v) is 3.09. The molecule has 1 aliphatic carbocycles. The highest BCUT2D eigenvalue weighted by Crippen LogP contribution is 2.43. The number of nitrogens with one attached hydrogen (secondary N) is 1. The SMILES string of the molecule is NC(c1cncc2c1NCCO2)C1CC1. The number of anilines is 1. The van der Waals surface area contributed by atoms with E-state index in [2.05, 4.69) is 10.3 Å². The Bertz CT molecular complexity index is 376. The van der Waals surface area contributed by atoms with Gasteiger partial charge in [0.15, 0.2) is 5.75 Å². The molecule has 1 atom stereocenters. The lowest BCUT2D eigenvalue weighted by Crippen LogP contribution is -2.22. The molecule has 3 rings (SSSR count). The number of nitrogens with zero attached hydrogens (tertiary/aromatic N) is 1. The normalized spacial score (nSPS) is 21.1. The van der Waals surface area contributed by atoms with Gasteiger partial charge in [-0.05, 0) is 18.8 Å². The second kappa shape index (κ2) is 3.38. The molecule has 1 fully saturated rings. The van der Waals surface area contributed by atoms with Crippen LogP contribution in [0.3, 0.4) is 0 Å². The van der Waals surface area contributed by atoms with Crippen molar-refractivity contribution in [3.05, 3.63) is 18.0 Å². The number of aromatic nitrogens is 1. The summed E-state index contributed by atoms with van der Waals surface area (Å²) in [5.41, 5.74) is 8.35. The van der Waals surface area contributed by atoms with Gasteiger partial charge in [-0.15, -0.1) is 0 Å². The van der Waals surface area contributed by atoms with Crippen LogP contribution in [0, 0.1) is 5.92 Å². The molecule has 0 bridgehead atoms. The fourth-order valence-corrected chi connectivity index (χ4v) is 2.05. The van der Waals surface area contributed by atoms with Gasteiger partial charge in [0.2, 0.25) is 0 Å². The Morgan fingerprint density at radius 2 is 2.33 bits per heavy atom. The van der Waals surface area contributed by atoms with E-state index in [4.69, 9.17) is 10.5 Å². The molecule has 4 heteroatoms. The van der Waals surface area contributed by atoms with E-state index in [1.165, 1.54) is 12.8 Å². The van der Waals surface area contributed by atoms with Crippen LogP contribution >= 0.6 is 0 Å². The van der Waals surface area contributed by atoms with E-state index in [1.54, 1.807) is 6.20 Å². The Morgan fingerprint density at radius 3 is 3.13 bits per heavy atom. The monoisotopic (exact) mass is 205 g/mol. The minimum absolute atomic E-state index is 0.113. The fourth-order valence-electron chi connectivity index (χ4n) is 2.05. The Balaban J connectivity index is 1.98. The van der Waals surface area contributed by atoms with Crippen LogP contribution in [-0.4, -0.2) is 18.1 Å². The molecule has 0 radical (unpaired) electrons. The fraction of sp³-hybridized carbons (Fsp3) is 0.545. The lowest BCUT2D eigenvalue weighted by atomic mass is 10.0. The highest BCUT2D eigenvalue weighted by Gasteiger charge is 2.32. The van der Waals surface area contributed by atoms with Crippen molar-refractivity contribution < 1.29 is 4.74 Å². The van der Waals surface area contributed by atoms with Crippen LogP contribution in [0.15, 0.2) is 12.4 Å². The topological polar surface area (TPSA) is 60.2 Å². The minimum Gasteiger partial charge on any atom is -0.488 e. The number of ether oxygens (including phenoxy) is 1. The zero-order chi connectivity index (χ0) is 10.3. The smallest absolute Gasteiger partial charge is 0.161 e. The molecular weight excluding hydrogens is 190 g/mol. The zero-order valence-electron chi connectivity index (χ0n) is 8.57. The predicted molar refractivity (Wildman–Crippen MR) is 57.9 cm³/mol. The molecule has 2 aliphatic rings. The Labute approximate surface area is 88.8 Å². The summed E-state index contributed by atoms with van der Waals surface area (Å²) >= 11 is 0. The van der Waals surface area contributed by atoms with Gasteiger partial charge in [-0.2, -0.15) is 0 Å². The minimum atomic E-state index is 0.113. The summed E-state index contributed by atoms with van der Waals surface area (Å²) in [5.74, 6) is 1.48. The predicted octanol–water partition coefficient (Wildman–Crippen LogP) is 1.30. The molecular formula is C11H15N3O. The van der Waals surface area contributed by atoms with Crippen molar-refractivity contribution in [3.63, 3.8) is 0 Å². The highest BCUT2D eigenvalue weighted by molar-refractivity contribution is 5.62. The maximum atomic E-state index is 6.19. The zero-order valence-corrected chi connectivity index (χ0v) is 8.57. The van der Waals surface area contributed by atoms with Crippen LogP contribution in [0.2, 0.25) is 0 Å². The quantitative estimate of drug-likeness (QED) is 0.764. The van der Waals surface area contributed by atoms with E-state index in [0.717, 1.165) is 23.5 Å². The van der Waals surface area contributed by atoms with Crippen LogP contribution in [0.1, 0.15) is 24.4 Å². The summed E-state index contributed by atoms with van der Waals surface area (Å²) in [6.07, 6.45) is 6.10. The number of pyridine rings is 1. The molecule has 0 spiro atoms. The number of fused-ring (bicyclic) bond motifs is 1. The van der Waals surface area contributed by atoms with Crippen molar-refractivity contribution in [1.82, 2.24) is 4.98 Å². The molecule has 0 saturated heterocycles. The standard InChI is InChI=1S/C11H15N3O/c12-10(7-1-2-7)8-5-13-6-9-11(8)14-3-4-15-9/h5-7,10,14H,1-4,12H2. The molecule has 4 nitrogen and oxygen atoms in total. The maximum absolute atomic E-state index is 6.19. The molecule has 1 aliphatic heterocycles. The summed E-state index contributed by atoms with van der Waals surface area (Å²) < 4.78 is 5.53. The Kier molecular flexibility index (Phi) is 2.02. The summed E-state index contributed by atoms with van der Waals surface area (Å²) in [7, 11) is 0. The van der Waals surface area contributed by atoms with Crippen LogP contribution in [-0.2, 0) is 0 Å². The van der Waals surface area contributed by atoms with E-state index in [1.807, 2.05) is 6.20 Å². The first kappa shape index (κ1) is 8.97. The largest absolute Gasteiger partial charge is 0.488 e. The Hall–Kier alpha value is -1.29. The molecule has 0 aromatic carbocycles. The molecule has 1 unspecified atom stereocenters. The van der Waals surface area contributed by atoms with E-state index >= 15 is 0 Å². The number of rotatable bonds is 2. The van der Waals surface area contributed by atoms with Gasteiger partial charge in [-0.3, -0.25) is 4.98 Å². The lowest BCUT2D eigenvalue weighted by Gasteiger charge is -2.23. The molecule has 1 aromatic rings. The van der Waals surface area contributed by atoms with E-state index in [9.17, 15) is 0 Å². The van der Waals surface area contributed by atoms with Gasteiger partial charge in [0, 0.05) is 24.3 Å². The first-order chi connectivity index (χ1) is 7.36. The van der Waals surface area contributed by atoms with Crippen LogP contribution in [0.4, 0.5) is 5.69 Å². The second-order valence-corrected chi connectivity index (χ2v) is 4.24. The molecule has 1 saturated carbocycles. The highest BCUT2D eigenvalue weighted by atomic mass is 16.5. The molecule has 1 aromatic heterocycles. The van der Waals surface area contributed by atoms with Gasteiger partial charge >= 0.3 is 0 Å². The van der Waals surface area contributed by atoms with Gasteiger partial charge in [0.25, 0.3) is 0 Å². The molecule has 2 heterocycles. The van der Waals surface area contributed by atoms with Crippen molar-refractivity contribution in [3.8, 4) is 5.75 Å². The number of nitrogens with two attached hydrogens (primary N) is 1. The molecule has 3 N–H and O–H groups in total. The van der Waals surface area contributed by atoms with Crippen molar-refractivity contribution in [2.24, 2.45) is 11.7 Å². The summed E-state index contributed by atoms with van der Waals surface area (Å²) in [5, 5.41) is 3.35. The van der Waals surface area contributed by atoms with Crippen molar-refractivity contribution >= 4 is 5.69 Å². The average Bonchev–Trinajstić information content (AvgIpc) is 3.11. The molecule has 80 valence electrons. The maximum Gasteiger partial charge on any atom is 0.161 e. The summed E-state index contributed by atoms with van der Waals surface area (Å²) in [4.78, 5) is 4.18. The molecule has 15 heavy (non-hydrogen) atoms. The third kappa shape index (κ3) is 1.55. The van der Waals surface area contributed by atoms with Gasteiger partial charge in [-0.25, -0.2) is 0 Å². The molecule has 0 amide bonds. The van der Waals surface area contributed by atoms with Crippen molar-refractivity contribution in [2.45, 2.75) is 18.9 Å². The lowest BCUT2D eigenvalue weighted by molar-refractivity contribution is 0.321. The first-order valence-corrected chi connectivity index (χ1v) is 5.46. The third-order valence-electron chi connectivity index (χ3n) is 3.09. The number of hydrogen-bond donors (Lipinski definition) is 2.